The molecule has 5 N–H and O–H groups in total. The van der Waals surface area contributed by atoms with Crippen molar-refractivity contribution >= 4 is 11.9 Å². The lowest BCUT2D eigenvalue weighted by Gasteiger charge is -2.26. The number of aliphatic hydroxyl groups is 1. The molecule has 6 heteroatoms. The number of carbonyl (C=O) groups excluding carboxylic acids is 2. The van der Waals surface area contributed by atoms with Crippen molar-refractivity contribution in [2.75, 3.05) is 6.61 Å². The second-order valence-electron chi connectivity index (χ2n) is 5.10. The SMILES string of the molecule is CC(C)C(CCO)NC(=O)C(NC(N)=O)C(C)C. The number of primary amides is 1. The first-order valence-electron chi connectivity index (χ1n) is 6.26. The van der Waals surface area contributed by atoms with Crippen molar-refractivity contribution in [3.63, 3.8) is 0 Å². The number of urea groups is 1. The Bertz CT molecular complexity index is 280. The number of rotatable bonds is 7. The van der Waals surface area contributed by atoms with Crippen molar-refractivity contribution in [3.05, 3.63) is 0 Å². The number of amides is 3. The van der Waals surface area contributed by atoms with Crippen molar-refractivity contribution in [1.82, 2.24) is 10.6 Å². The zero-order valence-electron chi connectivity index (χ0n) is 11.6. The summed E-state index contributed by atoms with van der Waals surface area (Å²) in [5, 5.41) is 14.2. The Morgan fingerprint density at radius 2 is 1.67 bits per heavy atom. The van der Waals surface area contributed by atoms with Gasteiger partial charge in [-0.15, -0.1) is 0 Å². The Hall–Kier alpha value is -1.30. The third-order valence-electron chi connectivity index (χ3n) is 2.82. The van der Waals surface area contributed by atoms with Crippen LogP contribution in [-0.4, -0.2) is 35.7 Å². The van der Waals surface area contributed by atoms with E-state index in [0.29, 0.717) is 6.42 Å². The van der Waals surface area contributed by atoms with Gasteiger partial charge in [-0.1, -0.05) is 27.7 Å². The van der Waals surface area contributed by atoms with Crippen LogP contribution in [-0.2, 0) is 4.79 Å². The number of nitrogens with one attached hydrogen (secondary N) is 2. The van der Waals surface area contributed by atoms with Gasteiger partial charge in [0.1, 0.15) is 6.04 Å². The monoisotopic (exact) mass is 259 g/mol. The number of carbonyl (C=O) groups is 2. The molecule has 0 spiro atoms. The van der Waals surface area contributed by atoms with Crippen LogP contribution in [0.25, 0.3) is 0 Å². The van der Waals surface area contributed by atoms with E-state index in [-0.39, 0.29) is 30.4 Å². The fourth-order valence-electron chi connectivity index (χ4n) is 1.67. The van der Waals surface area contributed by atoms with Gasteiger partial charge in [0.2, 0.25) is 5.91 Å². The molecule has 0 aliphatic rings. The van der Waals surface area contributed by atoms with Gasteiger partial charge in [-0.3, -0.25) is 4.79 Å². The van der Waals surface area contributed by atoms with Gasteiger partial charge in [-0.05, 0) is 18.3 Å². The highest BCUT2D eigenvalue weighted by molar-refractivity contribution is 5.86. The number of nitrogens with two attached hydrogens (primary N) is 1. The van der Waals surface area contributed by atoms with Crippen molar-refractivity contribution in [1.29, 1.82) is 0 Å². The Morgan fingerprint density at radius 3 is 2.00 bits per heavy atom. The number of aliphatic hydroxyl groups excluding tert-OH is 1. The standard InChI is InChI=1S/C12H25N3O3/c1-7(2)9(5-6-16)14-11(17)10(8(3)4)15-12(13)18/h7-10,16H,5-6H2,1-4H3,(H,14,17)(H3,13,15,18). The zero-order chi connectivity index (χ0) is 14.3. The summed E-state index contributed by atoms with van der Waals surface area (Å²) in [6.45, 7) is 7.60. The molecule has 0 rings (SSSR count). The number of hydrogen-bond donors (Lipinski definition) is 4. The van der Waals surface area contributed by atoms with E-state index < -0.39 is 12.1 Å². The minimum atomic E-state index is -0.716. The first kappa shape index (κ1) is 16.7. The summed E-state index contributed by atoms with van der Waals surface area (Å²) in [5.74, 6) is -0.113. The van der Waals surface area contributed by atoms with Gasteiger partial charge >= 0.3 is 6.03 Å². The highest BCUT2D eigenvalue weighted by atomic mass is 16.3. The van der Waals surface area contributed by atoms with Gasteiger partial charge < -0.3 is 21.5 Å². The molecule has 6 nitrogen and oxygen atoms in total. The fourth-order valence-corrected chi connectivity index (χ4v) is 1.67. The lowest BCUT2D eigenvalue weighted by molar-refractivity contribution is -0.125. The lowest BCUT2D eigenvalue weighted by atomic mass is 9.98. The van der Waals surface area contributed by atoms with Crippen LogP contribution in [0.1, 0.15) is 34.1 Å². The van der Waals surface area contributed by atoms with Crippen LogP contribution in [0.3, 0.4) is 0 Å². The van der Waals surface area contributed by atoms with Crippen LogP contribution in [0.2, 0.25) is 0 Å². The van der Waals surface area contributed by atoms with Crippen LogP contribution >= 0.6 is 0 Å². The summed E-state index contributed by atoms with van der Waals surface area (Å²) in [4.78, 5) is 22.9. The number of hydrogen-bond acceptors (Lipinski definition) is 3. The molecule has 18 heavy (non-hydrogen) atoms. The minimum Gasteiger partial charge on any atom is -0.396 e. The molecule has 0 heterocycles. The van der Waals surface area contributed by atoms with Gasteiger partial charge in [-0.25, -0.2) is 4.79 Å². The lowest BCUT2D eigenvalue weighted by Crippen LogP contribution is -2.54. The quantitative estimate of drug-likeness (QED) is 0.525. The average Bonchev–Trinajstić information content (AvgIpc) is 2.24. The molecule has 0 aromatic rings. The molecule has 0 aliphatic heterocycles. The van der Waals surface area contributed by atoms with E-state index in [2.05, 4.69) is 10.6 Å². The Morgan fingerprint density at radius 1 is 1.11 bits per heavy atom. The van der Waals surface area contributed by atoms with E-state index >= 15 is 0 Å². The Kier molecular flexibility index (Phi) is 7.35. The van der Waals surface area contributed by atoms with Gasteiger partial charge in [0.25, 0.3) is 0 Å². The molecule has 2 unspecified atom stereocenters. The van der Waals surface area contributed by atoms with Crippen LogP contribution in [0.5, 0.6) is 0 Å². The van der Waals surface area contributed by atoms with E-state index in [0.717, 1.165) is 0 Å². The highest BCUT2D eigenvalue weighted by Crippen LogP contribution is 2.08. The smallest absolute Gasteiger partial charge is 0.312 e. The highest BCUT2D eigenvalue weighted by Gasteiger charge is 2.26. The largest absolute Gasteiger partial charge is 0.396 e. The molecular formula is C12H25N3O3. The predicted molar refractivity (Wildman–Crippen MR) is 69.8 cm³/mol. The molecule has 0 radical (unpaired) electrons. The topological polar surface area (TPSA) is 104 Å². The van der Waals surface area contributed by atoms with Crippen LogP contribution in [0.15, 0.2) is 0 Å². The van der Waals surface area contributed by atoms with Gasteiger partial charge in [0, 0.05) is 12.6 Å². The summed E-state index contributed by atoms with van der Waals surface area (Å²) in [6, 6.07) is -1.48. The summed E-state index contributed by atoms with van der Waals surface area (Å²) < 4.78 is 0. The molecule has 0 saturated carbocycles. The maximum atomic E-state index is 12.0. The van der Waals surface area contributed by atoms with Crippen LogP contribution in [0.4, 0.5) is 4.79 Å². The Balaban J connectivity index is 4.61. The van der Waals surface area contributed by atoms with Crippen molar-refractivity contribution in [2.45, 2.75) is 46.2 Å². The average molecular weight is 259 g/mol. The van der Waals surface area contributed by atoms with E-state index in [1.807, 2.05) is 27.7 Å². The molecule has 0 fully saturated rings. The van der Waals surface area contributed by atoms with Gasteiger partial charge in [-0.2, -0.15) is 0 Å². The van der Waals surface area contributed by atoms with Gasteiger partial charge in [0.05, 0.1) is 0 Å². The maximum Gasteiger partial charge on any atom is 0.312 e. The third kappa shape index (κ3) is 5.86. The first-order chi connectivity index (χ1) is 8.29. The van der Waals surface area contributed by atoms with E-state index in [9.17, 15) is 9.59 Å². The van der Waals surface area contributed by atoms with E-state index in [1.165, 1.54) is 0 Å². The molecular weight excluding hydrogens is 234 g/mol. The predicted octanol–water partition coefficient (Wildman–Crippen LogP) is 0.203. The second-order valence-corrected chi connectivity index (χ2v) is 5.10. The normalized spacial score (nSPS) is 14.4. The third-order valence-corrected chi connectivity index (χ3v) is 2.82. The molecule has 0 aromatic carbocycles. The molecule has 3 amide bonds. The summed E-state index contributed by atoms with van der Waals surface area (Å²) in [5.41, 5.74) is 5.05. The molecule has 2 atom stereocenters. The maximum absolute atomic E-state index is 12.0. The summed E-state index contributed by atoms with van der Waals surface area (Å²) in [7, 11) is 0. The molecule has 0 aromatic heterocycles. The molecule has 106 valence electrons. The molecule has 0 bridgehead atoms. The first-order valence-corrected chi connectivity index (χ1v) is 6.26. The molecule has 0 saturated heterocycles. The summed E-state index contributed by atoms with van der Waals surface area (Å²) >= 11 is 0. The van der Waals surface area contributed by atoms with Crippen molar-refractivity contribution in [3.8, 4) is 0 Å². The van der Waals surface area contributed by atoms with E-state index in [4.69, 9.17) is 10.8 Å². The Labute approximate surface area is 108 Å². The summed E-state index contributed by atoms with van der Waals surface area (Å²) in [6.07, 6.45) is 0.491. The van der Waals surface area contributed by atoms with Crippen molar-refractivity contribution < 1.29 is 14.7 Å². The molecule has 0 aliphatic carbocycles. The van der Waals surface area contributed by atoms with E-state index in [1.54, 1.807) is 0 Å². The minimum absolute atomic E-state index is 0.0126. The van der Waals surface area contributed by atoms with Crippen molar-refractivity contribution in [2.24, 2.45) is 17.6 Å². The van der Waals surface area contributed by atoms with Crippen LogP contribution in [0, 0.1) is 11.8 Å². The fraction of sp³-hybridized carbons (Fsp3) is 0.833. The zero-order valence-corrected chi connectivity index (χ0v) is 11.6. The van der Waals surface area contributed by atoms with Gasteiger partial charge in [0.15, 0.2) is 0 Å². The van der Waals surface area contributed by atoms with Crippen LogP contribution < -0.4 is 16.4 Å². The second kappa shape index (κ2) is 7.92.